The van der Waals surface area contributed by atoms with Crippen LogP contribution in [0.15, 0.2) is 75.2 Å². The van der Waals surface area contributed by atoms with E-state index in [-0.39, 0.29) is 17.2 Å². The standard InChI is InChI=1S/C23H21N3O5S/c1-29-19-10-9-15(12-20(19)30-2)26-22(28)17-7-3-4-8-18(17)25-23(26)32-14-21(27)24-13-16-6-5-11-31-16/h3-12H,13-14H2,1-2H3,(H,24,27). The molecule has 0 spiro atoms. The molecule has 4 aromatic rings. The van der Waals surface area contributed by atoms with E-state index >= 15 is 0 Å². The number of nitrogens with zero attached hydrogens (tertiary/aromatic N) is 2. The number of thioether (sulfide) groups is 1. The van der Waals surface area contributed by atoms with Crippen molar-refractivity contribution in [1.82, 2.24) is 14.9 Å². The Kier molecular flexibility index (Phi) is 6.46. The molecule has 164 valence electrons. The predicted molar refractivity (Wildman–Crippen MR) is 122 cm³/mol. The molecule has 4 rings (SSSR count). The van der Waals surface area contributed by atoms with E-state index in [1.807, 2.05) is 6.07 Å². The molecule has 0 unspecified atom stereocenters. The van der Waals surface area contributed by atoms with E-state index < -0.39 is 0 Å². The molecule has 2 heterocycles. The molecule has 0 aliphatic heterocycles. The first-order valence-electron chi connectivity index (χ1n) is 9.77. The number of methoxy groups -OCH3 is 2. The number of fused-ring (bicyclic) bond motifs is 1. The SMILES string of the molecule is COc1ccc(-n2c(SCC(=O)NCc3ccco3)nc3ccccc3c2=O)cc1OC. The Morgan fingerprint density at radius 2 is 1.91 bits per heavy atom. The summed E-state index contributed by atoms with van der Waals surface area (Å²) < 4.78 is 17.4. The third-order valence-corrected chi connectivity index (χ3v) is 5.68. The lowest BCUT2D eigenvalue weighted by atomic mass is 10.2. The fraction of sp³-hybridized carbons (Fsp3) is 0.174. The molecule has 32 heavy (non-hydrogen) atoms. The van der Waals surface area contributed by atoms with Gasteiger partial charge in [-0.1, -0.05) is 23.9 Å². The van der Waals surface area contributed by atoms with Gasteiger partial charge in [-0.2, -0.15) is 0 Å². The average molecular weight is 452 g/mol. The third-order valence-electron chi connectivity index (χ3n) is 4.74. The average Bonchev–Trinajstić information content (AvgIpc) is 3.35. The molecule has 1 N–H and O–H groups in total. The van der Waals surface area contributed by atoms with Gasteiger partial charge in [0.05, 0.1) is 49.4 Å². The molecule has 2 aromatic heterocycles. The molecule has 0 saturated heterocycles. The van der Waals surface area contributed by atoms with Crippen molar-refractivity contribution in [3.05, 3.63) is 77.0 Å². The van der Waals surface area contributed by atoms with Crippen LogP contribution in [-0.4, -0.2) is 35.4 Å². The summed E-state index contributed by atoms with van der Waals surface area (Å²) in [7, 11) is 3.08. The van der Waals surface area contributed by atoms with Crippen molar-refractivity contribution in [2.75, 3.05) is 20.0 Å². The second-order valence-electron chi connectivity index (χ2n) is 6.74. The Morgan fingerprint density at radius 3 is 2.66 bits per heavy atom. The highest BCUT2D eigenvalue weighted by molar-refractivity contribution is 7.99. The van der Waals surface area contributed by atoms with Crippen LogP contribution in [0.3, 0.4) is 0 Å². The first kappa shape index (κ1) is 21.5. The molecule has 0 bridgehead atoms. The van der Waals surface area contributed by atoms with Crippen LogP contribution < -0.4 is 20.3 Å². The number of ether oxygens (including phenoxy) is 2. The molecule has 1 amide bonds. The van der Waals surface area contributed by atoms with Crippen LogP contribution in [0.5, 0.6) is 11.5 Å². The zero-order valence-corrected chi connectivity index (χ0v) is 18.3. The van der Waals surface area contributed by atoms with E-state index in [2.05, 4.69) is 10.3 Å². The molecule has 9 heteroatoms. The van der Waals surface area contributed by atoms with Crippen LogP contribution in [0.25, 0.3) is 16.6 Å². The summed E-state index contributed by atoms with van der Waals surface area (Å²) in [4.78, 5) is 30.4. The normalized spacial score (nSPS) is 10.8. The van der Waals surface area contributed by atoms with Crippen molar-refractivity contribution >= 4 is 28.6 Å². The number of hydrogen-bond acceptors (Lipinski definition) is 7. The maximum Gasteiger partial charge on any atom is 0.266 e. The van der Waals surface area contributed by atoms with Crippen molar-refractivity contribution < 1.29 is 18.7 Å². The van der Waals surface area contributed by atoms with Gasteiger partial charge < -0.3 is 19.2 Å². The number of amides is 1. The van der Waals surface area contributed by atoms with Crippen LogP contribution in [-0.2, 0) is 11.3 Å². The van der Waals surface area contributed by atoms with Gasteiger partial charge >= 0.3 is 0 Å². The Morgan fingerprint density at radius 1 is 1.09 bits per heavy atom. The van der Waals surface area contributed by atoms with Crippen LogP contribution in [0, 0.1) is 0 Å². The van der Waals surface area contributed by atoms with Crippen molar-refractivity contribution in [3.8, 4) is 17.2 Å². The summed E-state index contributed by atoms with van der Waals surface area (Å²) in [5, 5.41) is 3.67. The van der Waals surface area contributed by atoms with Gasteiger partial charge in [-0.15, -0.1) is 0 Å². The second kappa shape index (κ2) is 9.61. The summed E-state index contributed by atoms with van der Waals surface area (Å²) in [5.74, 6) is 1.57. The molecular formula is C23H21N3O5S. The number of rotatable bonds is 8. The van der Waals surface area contributed by atoms with Crippen molar-refractivity contribution in [3.63, 3.8) is 0 Å². The van der Waals surface area contributed by atoms with Gasteiger partial charge in [0.2, 0.25) is 5.91 Å². The van der Waals surface area contributed by atoms with Crippen LogP contribution >= 0.6 is 11.8 Å². The maximum absolute atomic E-state index is 13.4. The minimum atomic E-state index is -0.235. The maximum atomic E-state index is 13.4. The van der Waals surface area contributed by atoms with Gasteiger partial charge in [0.25, 0.3) is 5.56 Å². The number of benzene rings is 2. The van der Waals surface area contributed by atoms with Crippen LogP contribution in [0.4, 0.5) is 0 Å². The first-order valence-corrected chi connectivity index (χ1v) is 10.8. The predicted octanol–water partition coefficient (Wildman–Crippen LogP) is 3.40. The summed E-state index contributed by atoms with van der Waals surface area (Å²) in [6.45, 7) is 0.292. The van der Waals surface area contributed by atoms with E-state index in [0.29, 0.717) is 45.6 Å². The van der Waals surface area contributed by atoms with Gasteiger partial charge in [-0.05, 0) is 36.4 Å². The topological polar surface area (TPSA) is 95.6 Å². The number of carbonyl (C=O) groups excluding carboxylic acids is 1. The molecule has 0 aliphatic rings. The van der Waals surface area contributed by atoms with Crippen LogP contribution in [0.1, 0.15) is 5.76 Å². The molecule has 0 radical (unpaired) electrons. The fourth-order valence-corrected chi connectivity index (χ4v) is 4.02. The van der Waals surface area contributed by atoms with Crippen molar-refractivity contribution in [2.45, 2.75) is 11.7 Å². The lowest BCUT2D eigenvalue weighted by Gasteiger charge is -2.15. The van der Waals surface area contributed by atoms with E-state index in [4.69, 9.17) is 13.9 Å². The highest BCUT2D eigenvalue weighted by Gasteiger charge is 2.16. The monoisotopic (exact) mass is 451 g/mol. The third kappa shape index (κ3) is 4.47. The molecule has 0 fully saturated rings. The number of furan rings is 1. The Hall–Kier alpha value is -3.72. The summed E-state index contributed by atoms with van der Waals surface area (Å²) in [6.07, 6.45) is 1.55. The van der Waals surface area contributed by atoms with E-state index in [9.17, 15) is 9.59 Å². The molecule has 0 aliphatic carbocycles. The first-order chi connectivity index (χ1) is 15.6. The number of nitrogens with one attached hydrogen (secondary N) is 1. The van der Waals surface area contributed by atoms with Gasteiger partial charge in [0.15, 0.2) is 16.7 Å². The molecule has 8 nitrogen and oxygen atoms in total. The molecule has 0 saturated carbocycles. The lowest BCUT2D eigenvalue weighted by Crippen LogP contribution is -2.26. The van der Waals surface area contributed by atoms with Gasteiger partial charge in [0.1, 0.15) is 5.76 Å². The zero-order chi connectivity index (χ0) is 22.5. The van der Waals surface area contributed by atoms with E-state index in [1.54, 1.807) is 61.9 Å². The molecule has 0 atom stereocenters. The smallest absolute Gasteiger partial charge is 0.266 e. The Bertz CT molecular complexity index is 1300. The highest BCUT2D eigenvalue weighted by atomic mass is 32.2. The fourth-order valence-electron chi connectivity index (χ4n) is 3.18. The van der Waals surface area contributed by atoms with E-state index in [0.717, 1.165) is 0 Å². The molecule has 2 aromatic carbocycles. The minimum Gasteiger partial charge on any atom is -0.493 e. The molecular weight excluding hydrogens is 430 g/mol. The Balaban J connectivity index is 1.68. The number of aromatic nitrogens is 2. The van der Waals surface area contributed by atoms with Gasteiger partial charge in [-0.3, -0.25) is 14.2 Å². The van der Waals surface area contributed by atoms with Crippen molar-refractivity contribution in [2.24, 2.45) is 0 Å². The second-order valence-corrected chi connectivity index (χ2v) is 7.68. The van der Waals surface area contributed by atoms with Gasteiger partial charge in [-0.25, -0.2) is 4.98 Å². The van der Waals surface area contributed by atoms with Crippen LogP contribution in [0.2, 0.25) is 0 Å². The zero-order valence-electron chi connectivity index (χ0n) is 17.5. The quantitative estimate of drug-likeness (QED) is 0.324. The minimum absolute atomic E-state index is 0.0821. The summed E-state index contributed by atoms with van der Waals surface area (Å²) in [6, 6.07) is 15.8. The largest absolute Gasteiger partial charge is 0.493 e. The summed E-state index contributed by atoms with van der Waals surface area (Å²) >= 11 is 1.18. The van der Waals surface area contributed by atoms with Crippen molar-refractivity contribution in [1.29, 1.82) is 0 Å². The van der Waals surface area contributed by atoms with E-state index in [1.165, 1.54) is 23.4 Å². The number of para-hydroxylation sites is 1. The van der Waals surface area contributed by atoms with Gasteiger partial charge in [0, 0.05) is 6.07 Å². The number of carbonyl (C=O) groups is 1. The number of hydrogen-bond donors (Lipinski definition) is 1. The lowest BCUT2D eigenvalue weighted by molar-refractivity contribution is -0.118. The summed E-state index contributed by atoms with van der Waals surface area (Å²) in [5.41, 5.74) is 0.887. The highest BCUT2D eigenvalue weighted by Crippen LogP contribution is 2.30. The Labute approximate surface area is 188 Å².